The zero-order valence-corrected chi connectivity index (χ0v) is 18.0. The molecule has 4 rings (SSSR count). The first-order valence-corrected chi connectivity index (χ1v) is 10.2. The van der Waals surface area contributed by atoms with E-state index in [-0.39, 0.29) is 16.9 Å². The van der Waals surface area contributed by atoms with E-state index < -0.39 is 82.6 Å². The molecule has 13 nitrogen and oxygen atoms in total. The highest BCUT2D eigenvalue weighted by molar-refractivity contribution is 5.88. The first-order valence-electron chi connectivity index (χ1n) is 10.2. The lowest BCUT2D eigenvalue weighted by atomic mass is 9.99. The Labute approximate surface area is 195 Å². The summed E-state index contributed by atoms with van der Waals surface area (Å²) in [4.78, 5) is 13.4. The van der Waals surface area contributed by atoms with Crippen molar-refractivity contribution in [3.63, 3.8) is 0 Å². The van der Waals surface area contributed by atoms with Crippen LogP contribution in [0.25, 0.3) is 22.3 Å². The van der Waals surface area contributed by atoms with Crippen molar-refractivity contribution in [1.82, 2.24) is 0 Å². The van der Waals surface area contributed by atoms with Gasteiger partial charge in [0, 0.05) is 17.7 Å². The smallest absolute Gasteiger partial charge is 0.239 e. The molecule has 188 valence electrons. The Kier molecular flexibility index (Phi) is 6.36. The average Bonchev–Trinajstić information content (AvgIpc) is 2.81. The van der Waals surface area contributed by atoms with Crippen molar-refractivity contribution in [2.45, 2.75) is 30.7 Å². The lowest BCUT2D eigenvalue weighted by Gasteiger charge is -2.39. The third-order valence-corrected chi connectivity index (χ3v) is 5.54. The van der Waals surface area contributed by atoms with Crippen LogP contribution in [0, 0.1) is 0 Å². The number of methoxy groups -OCH3 is 1. The SMILES string of the molecule is COc1cc(-c2oc3cc(O)cc(O)c3c(=O)c2OC2OC(CO)C(O)C(O)C2O)cc(O)c1O. The van der Waals surface area contributed by atoms with Crippen molar-refractivity contribution in [2.75, 3.05) is 13.7 Å². The molecule has 0 saturated carbocycles. The molecule has 13 heteroatoms. The number of benzene rings is 2. The summed E-state index contributed by atoms with van der Waals surface area (Å²) in [6.45, 7) is -0.757. The standard InChI is InChI=1S/C22H22O13/c1-32-12-3-7(2-10(26)15(12)27)20-21(17(29)14-9(25)4-8(24)5-11(14)33-20)35-22-19(31)18(30)16(28)13(6-23)34-22/h2-5,13,16,18-19,22-28,30-31H,6H2,1H3. The van der Waals surface area contributed by atoms with Gasteiger partial charge in [-0.1, -0.05) is 0 Å². The van der Waals surface area contributed by atoms with Crippen LogP contribution in [0.5, 0.6) is 34.5 Å². The van der Waals surface area contributed by atoms with Crippen molar-refractivity contribution in [3.05, 3.63) is 34.5 Å². The zero-order chi connectivity index (χ0) is 25.6. The van der Waals surface area contributed by atoms with Crippen LogP contribution in [0.2, 0.25) is 0 Å². The molecular weight excluding hydrogens is 472 g/mol. The van der Waals surface area contributed by atoms with E-state index in [1.54, 1.807) is 0 Å². The first kappa shape index (κ1) is 24.4. The number of fused-ring (bicyclic) bond motifs is 1. The van der Waals surface area contributed by atoms with E-state index in [9.17, 15) is 45.6 Å². The number of phenols is 4. The summed E-state index contributed by atoms with van der Waals surface area (Å²) in [5.74, 6) is -3.64. The maximum atomic E-state index is 13.4. The molecule has 1 aliphatic heterocycles. The van der Waals surface area contributed by atoms with Crippen LogP contribution in [-0.2, 0) is 4.74 Å². The quantitative estimate of drug-likeness (QED) is 0.209. The van der Waals surface area contributed by atoms with Gasteiger partial charge in [0.25, 0.3) is 0 Å². The van der Waals surface area contributed by atoms with Gasteiger partial charge in [0.1, 0.15) is 46.9 Å². The summed E-state index contributed by atoms with van der Waals surface area (Å²) in [7, 11) is 1.20. The molecule has 5 unspecified atom stereocenters. The molecule has 1 aliphatic rings. The van der Waals surface area contributed by atoms with Crippen molar-refractivity contribution >= 4 is 11.0 Å². The number of rotatable bonds is 5. The molecule has 0 amide bonds. The topological polar surface area (TPSA) is 220 Å². The van der Waals surface area contributed by atoms with Gasteiger partial charge in [0.15, 0.2) is 17.3 Å². The Bertz CT molecular complexity index is 1320. The molecule has 1 saturated heterocycles. The molecule has 1 aromatic heterocycles. The first-order chi connectivity index (χ1) is 16.6. The molecule has 0 bridgehead atoms. The van der Waals surface area contributed by atoms with Crippen molar-refractivity contribution in [1.29, 1.82) is 0 Å². The van der Waals surface area contributed by atoms with E-state index >= 15 is 0 Å². The fourth-order valence-electron chi connectivity index (χ4n) is 3.73. The van der Waals surface area contributed by atoms with Gasteiger partial charge >= 0.3 is 0 Å². The van der Waals surface area contributed by atoms with Gasteiger partial charge in [-0.3, -0.25) is 4.79 Å². The molecule has 5 atom stereocenters. The van der Waals surface area contributed by atoms with E-state index in [4.69, 9.17) is 18.6 Å². The van der Waals surface area contributed by atoms with Gasteiger partial charge < -0.3 is 59.5 Å². The van der Waals surface area contributed by atoms with Gasteiger partial charge in [-0.2, -0.15) is 0 Å². The van der Waals surface area contributed by atoms with Crippen LogP contribution in [-0.4, -0.2) is 85.3 Å². The minimum atomic E-state index is -1.88. The summed E-state index contributed by atoms with van der Waals surface area (Å²) in [5, 5.41) is 79.5. The third kappa shape index (κ3) is 4.15. The van der Waals surface area contributed by atoms with Crippen LogP contribution in [0.3, 0.4) is 0 Å². The molecule has 8 N–H and O–H groups in total. The molecular formula is C22H22O13. The van der Waals surface area contributed by atoms with E-state index in [0.717, 1.165) is 18.2 Å². The Morgan fingerprint density at radius 2 is 1.66 bits per heavy atom. The molecule has 2 aromatic carbocycles. The van der Waals surface area contributed by atoms with Crippen LogP contribution >= 0.6 is 0 Å². The van der Waals surface area contributed by atoms with Gasteiger partial charge in [-0.25, -0.2) is 0 Å². The summed E-state index contributed by atoms with van der Waals surface area (Å²) >= 11 is 0. The fourth-order valence-corrected chi connectivity index (χ4v) is 3.73. The maximum Gasteiger partial charge on any atom is 0.239 e. The number of ether oxygens (including phenoxy) is 3. The van der Waals surface area contributed by atoms with Crippen LogP contribution in [0.4, 0.5) is 0 Å². The summed E-state index contributed by atoms with van der Waals surface area (Å²) < 4.78 is 21.6. The van der Waals surface area contributed by atoms with E-state index in [2.05, 4.69) is 0 Å². The number of hydrogen-bond acceptors (Lipinski definition) is 13. The van der Waals surface area contributed by atoms with Crippen LogP contribution < -0.4 is 14.9 Å². The molecule has 0 radical (unpaired) electrons. The number of hydrogen-bond donors (Lipinski definition) is 8. The summed E-state index contributed by atoms with van der Waals surface area (Å²) in [5.41, 5.74) is -1.35. The highest BCUT2D eigenvalue weighted by Gasteiger charge is 2.45. The largest absolute Gasteiger partial charge is 0.508 e. The Balaban J connectivity index is 1.94. The molecule has 0 aliphatic carbocycles. The second kappa shape index (κ2) is 9.13. The highest BCUT2D eigenvalue weighted by atomic mass is 16.7. The monoisotopic (exact) mass is 494 g/mol. The molecule has 3 aromatic rings. The Morgan fingerprint density at radius 3 is 2.31 bits per heavy atom. The van der Waals surface area contributed by atoms with Crippen molar-refractivity contribution in [2.24, 2.45) is 0 Å². The molecule has 1 fully saturated rings. The second-order valence-electron chi connectivity index (χ2n) is 7.79. The fraction of sp³-hybridized carbons (Fsp3) is 0.318. The number of aliphatic hydroxyl groups is 4. The predicted molar refractivity (Wildman–Crippen MR) is 116 cm³/mol. The van der Waals surface area contributed by atoms with E-state index in [1.807, 2.05) is 0 Å². The second-order valence-corrected chi connectivity index (χ2v) is 7.79. The van der Waals surface area contributed by atoms with E-state index in [0.29, 0.717) is 0 Å². The minimum absolute atomic E-state index is 0.0708. The Hall–Kier alpha value is -3.75. The van der Waals surface area contributed by atoms with Crippen LogP contribution in [0.15, 0.2) is 33.5 Å². The lowest BCUT2D eigenvalue weighted by molar-refractivity contribution is -0.277. The molecule has 2 heterocycles. The lowest BCUT2D eigenvalue weighted by Crippen LogP contribution is -2.60. The summed E-state index contributed by atoms with van der Waals surface area (Å²) in [6, 6.07) is 4.10. The van der Waals surface area contributed by atoms with Gasteiger partial charge in [0.05, 0.1) is 13.7 Å². The summed E-state index contributed by atoms with van der Waals surface area (Å²) in [6.07, 6.45) is -8.53. The Morgan fingerprint density at radius 1 is 0.943 bits per heavy atom. The average molecular weight is 494 g/mol. The van der Waals surface area contributed by atoms with E-state index in [1.165, 1.54) is 13.2 Å². The number of aromatic hydroxyl groups is 4. The van der Waals surface area contributed by atoms with Crippen LogP contribution in [0.1, 0.15) is 0 Å². The maximum absolute atomic E-state index is 13.4. The van der Waals surface area contributed by atoms with Crippen molar-refractivity contribution < 1.29 is 59.5 Å². The molecule has 35 heavy (non-hydrogen) atoms. The molecule has 0 spiro atoms. The number of aliphatic hydroxyl groups excluding tert-OH is 4. The highest BCUT2D eigenvalue weighted by Crippen LogP contribution is 2.43. The van der Waals surface area contributed by atoms with Gasteiger partial charge in [0.2, 0.25) is 23.2 Å². The van der Waals surface area contributed by atoms with Gasteiger partial charge in [-0.15, -0.1) is 0 Å². The minimum Gasteiger partial charge on any atom is -0.508 e. The van der Waals surface area contributed by atoms with Crippen molar-refractivity contribution in [3.8, 4) is 45.8 Å². The predicted octanol–water partition coefficient (Wildman–Crippen LogP) is -0.530. The zero-order valence-electron chi connectivity index (χ0n) is 18.0. The van der Waals surface area contributed by atoms with Gasteiger partial charge in [-0.05, 0) is 12.1 Å². The normalized spacial score (nSPS) is 24.4. The number of phenolic OH excluding ortho intramolecular Hbond substituents is 4. The third-order valence-electron chi connectivity index (χ3n) is 5.54.